The molecule has 0 saturated carbocycles. The third-order valence-electron chi connectivity index (χ3n) is 6.30. The Morgan fingerprint density at radius 1 is 0.941 bits per heavy atom. The molecule has 2 aromatic rings. The van der Waals surface area contributed by atoms with Gasteiger partial charge in [0.25, 0.3) is 5.91 Å². The molecule has 1 heterocycles. The second-order valence-corrected chi connectivity index (χ2v) is 11.0. The fraction of sp³-hybridized carbons (Fsp3) is 0.462. The van der Waals surface area contributed by atoms with Gasteiger partial charge < -0.3 is 10.2 Å². The number of hydrogen-bond donors (Lipinski definition) is 1. The molecule has 0 radical (unpaired) electrons. The van der Waals surface area contributed by atoms with Crippen LogP contribution in [0.5, 0.6) is 0 Å². The van der Waals surface area contributed by atoms with Crippen LogP contribution in [-0.2, 0) is 27.8 Å². The monoisotopic (exact) mass is 485 g/mol. The lowest BCUT2D eigenvalue weighted by Crippen LogP contribution is -2.35. The molecule has 0 bridgehead atoms. The molecule has 2 aromatic carbocycles. The van der Waals surface area contributed by atoms with Gasteiger partial charge in [0.15, 0.2) is 0 Å². The van der Waals surface area contributed by atoms with Crippen molar-refractivity contribution in [3.8, 4) is 0 Å². The zero-order chi connectivity index (χ0) is 24.7. The summed E-state index contributed by atoms with van der Waals surface area (Å²) in [6.07, 6.45) is 3.74. The van der Waals surface area contributed by atoms with E-state index in [-0.39, 0.29) is 17.9 Å². The van der Waals surface area contributed by atoms with Gasteiger partial charge in [-0.25, -0.2) is 8.42 Å². The summed E-state index contributed by atoms with van der Waals surface area (Å²) in [6, 6.07) is 14.2. The molecule has 34 heavy (non-hydrogen) atoms. The first-order chi connectivity index (χ1) is 16.2. The summed E-state index contributed by atoms with van der Waals surface area (Å²) in [4.78, 5) is 26.6. The van der Waals surface area contributed by atoms with Crippen LogP contribution in [0.15, 0.2) is 53.4 Å². The lowest BCUT2D eigenvalue weighted by Gasteiger charge is -2.25. The van der Waals surface area contributed by atoms with E-state index in [9.17, 15) is 18.0 Å². The Labute approximate surface area is 203 Å². The molecule has 0 aliphatic carbocycles. The van der Waals surface area contributed by atoms with Crippen LogP contribution >= 0.6 is 0 Å². The average Bonchev–Trinajstić information content (AvgIpc) is 2.86. The van der Waals surface area contributed by atoms with Gasteiger partial charge in [-0.1, -0.05) is 30.7 Å². The van der Waals surface area contributed by atoms with Gasteiger partial charge in [-0.05, 0) is 68.5 Å². The molecule has 0 aromatic heterocycles. The minimum atomic E-state index is -3.44. The molecule has 3 rings (SSSR count). The zero-order valence-corrected chi connectivity index (χ0v) is 21.1. The highest BCUT2D eigenvalue weighted by atomic mass is 32.2. The van der Waals surface area contributed by atoms with Gasteiger partial charge in [-0.15, -0.1) is 0 Å². The quantitative estimate of drug-likeness (QED) is 0.588. The van der Waals surface area contributed by atoms with Gasteiger partial charge in [-0.3, -0.25) is 9.59 Å². The Hall–Kier alpha value is -2.71. The maximum atomic E-state index is 12.7. The summed E-state index contributed by atoms with van der Waals surface area (Å²) in [5.41, 5.74) is 2.46. The summed E-state index contributed by atoms with van der Waals surface area (Å²) in [5, 5.41) is 2.90. The van der Waals surface area contributed by atoms with E-state index in [0.717, 1.165) is 30.4 Å². The van der Waals surface area contributed by atoms with Crippen molar-refractivity contribution in [1.82, 2.24) is 14.5 Å². The van der Waals surface area contributed by atoms with Crippen LogP contribution in [0.4, 0.5) is 0 Å². The largest absolute Gasteiger partial charge is 0.352 e. The zero-order valence-electron chi connectivity index (χ0n) is 20.3. The third kappa shape index (κ3) is 6.67. The van der Waals surface area contributed by atoms with E-state index in [1.165, 1.54) is 0 Å². The summed E-state index contributed by atoms with van der Waals surface area (Å²) < 4.78 is 27.1. The van der Waals surface area contributed by atoms with Crippen molar-refractivity contribution in [3.05, 3.63) is 65.2 Å². The van der Waals surface area contributed by atoms with Crippen molar-refractivity contribution in [2.75, 3.05) is 20.1 Å². The lowest BCUT2D eigenvalue weighted by molar-refractivity contribution is -0.121. The third-order valence-corrected chi connectivity index (χ3v) is 8.22. The maximum Gasteiger partial charge on any atom is 0.253 e. The number of nitrogens with one attached hydrogen (secondary N) is 1. The second kappa shape index (κ2) is 11.6. The molecule has 0 atom stereocenters. The number of sulfonamides is 1. The van der Waals surface area contributed by atoms with E-state index >= 15 is 0 Å². The molecule has 1 aliphatic rings. The van der Waals surface area contributed by atoms with Gasteiger partial charge in [0.2, 0.25) is 15.9 Å². The number of piperidine rings is 1. The Bertz CT molecular complexity index is 1070. The smallest absolute Gasteiger partial charge is 0.253 e. The minimum Gasteiger partial charge on any atom is -0.352 e. The normalized spacial score (nSPS) is 14.7. The van der Waals surface area contributed by atoms with Crippen molar-refractivity contribution < 1.29 is 18.0 Å². The SMILES string of the molecule is CC(C)N(C)C(=O)c1ccc(CNC(=O)CCc2ccc(S(=O)(=O)N3CCCCC3)cc2)cc1. The first-order valence-corrected chi connectivity index (χ1v) is 13.3. The standard InChI is InChI=1S/C26H35N3O4S/c1-20(2)28(3)26(31)23-12-7-22(8-13-23)19-27-25(30)16-11-21-9-14-24(15-10-21)34(32,33)29-17-5-4-6-18-29/h7-10,12-15,20H,4-6,11,16-19H2,1-3H3,(H,27,30). The molecule has 1 saturated heterocycles. The van der Waals surface area contributed by atoms with E-state index in [4.69, 9.17) is 0 Å². The predicted molar refractivity (Wildman–Crippen MR) is 133 cm³/mol. The summed E-state index contributed by atoms with van der Waals surface area (Å²) in [7, 11) is -1.66. The molecule has 184 valence electrons. The fourth-order valence-electron chi connectivity index (χ4n) is 3.83. The first-order valence-electron chi connectivity index (χ1n) is 11.9. The van der Waals surface area contributed by atoms with Crippen molar-refractivity contribution in [2.45, 2.75) is 63.4 Å². The highest BCUT2D eigenvalue weighted by molar-refractivity contribution is 7.89. The Balaban J connectivity index is 1.46. The number of benzene rings is 2. The number of hydrogen-bond acceptors (Lipinski definition) is 4. The number of amides is 2. The van der Waals surface area contributed by atoms with Crippen LogP contribution in [0, 0.1) is 0 Å². The predicted octanol–water partition coefficient (Wildman–Crippen LogP) is 3.59. The number of carbonyl (C=O) groups excluding carboxylic acids is 2. The number of carbonyl (C=O) groups is 2. The van der Waals surface area contributed by atoms with Crippen LogP contribution in [0.25, 0.3) is 0 Å². The summed E-state index contributed by atoms with van der Waals surface area (Å²) in [5.74, 6) is -0.106. The minimum absolute atomic E-state index is 0.0275. The van der Waals surface area contributed by atoms with E-state index in [2.05, 4.69) is 5.32 Å². The van der Waals surface area contributed by atoms with Gasteiger partial charge in [0.1, 0.15) is 0 Å². The van der Waals surface area contributed by atoms with Crippen LogP contribution < -0.4 is 5.32 Å². The van der Waals surface area contributed by atoms with Gasteiger partial charge in [-0.2, -0.15) is 4.31 Å². The van der Waals surface area contributed by atoms with Crippen molar-refractivity contribution >= 4 is 21.8 Å². The van der Waals surface area contributed by atoms with Crippen molar-refractivity contribution in [1.29, 1.82) is 0 Å². The highest BCUT2D eigenvalue weighted by Crippen LogP contribution is 2.21. The topological polar surface area (TPSA) is 86.8 Å². The molecule has 8 heteroatoms. The van der Waals surface area contributed by atoms with Gasteiger partial charge in [0, 0.05) is 44.7 Å². The van der Waals surface area contributed by atoms with Crippen LogP contribution in [0.2, 0.25) is 0 Å². The molecule has 1 aliphatic heterocycles. The number of rotatable bonds is 9. The number of aryl methyl sites for hydroxylation is 1. The Morgan fingerprint density at radius 3 is 2.12 bits per heavy atom. The van der Waals surface area contributed by atoms with Gasteiger partial charge in [0.05, 0.1) is 4.90 Å². The second-order valence-electron chi connectivity index (χ2n) is 9.09. The molecule has 2 amide bonds. The molecule has 0 unspecified atom stereocenters. The van der Waals surface area contributed by atoms with E-state index in [0.29, 0.717) is 42.9 Å². The lowest BCUT2D eigenvalue weighted by atomic mass is 10.1. The van der Waals surface area contributed by atoms with Crippen LogP contribution in [0.3, 0.4) is 0 Å². The Kier molecular flexibility index (Phi) is 8.85. The molecule has 1 N–H and O–H groups in total. The number of nitrogens with zero attached hydrogens (tertiary/aromatic N) is 2. The van der Waals surface area contributed by atoms with Crippen molar-refractivity contribution in [3.63, 3.8) is 0 Å². The van der Waals surface area contributed by atoms with Crippen LogP contribution in [-0.4, -0.2) is 55.6 Å². The first kappa shape index (κ1) is 25.9. The Morgan fingerprint density at radius 2 is 1.53 bits per heavy atom. The molecule has 1 fully saturated rings. The maximum absolute atomic E-state index is 12.7. The van der Waals surface area contributed by atoms with Crippen LogP contribution in [0.1, 0.15) is 61.0 Å². The molecular formula is C26H35N3O4S. The van der Waals surface area contributed by atoms with Crippen molar-refractivity contribution in [2.24, 2.45) is 0 Å². The van der Waals surface area contributed by atoms with E-state index < -0.39 is 10.0 Å². The summed E-state index contributed by atoms with van der Waals surface area (Å²) in [6.45, 7) is 5.48. The van der Waals surface area contributed by atoms with E-state index in [1.54, 1.807) is 52.7 Å². The van der Waals surface area contributed by atoms with E-state index in [1.807, 2.05) is 26.0 Å². The highest BCUT2D eigenvalue weighted by Gasteiger charge is 2.25. The molecule has 0 spiro atoms. The van der Waals surface area contributed by atoms with Gasteiger partial charge >= 0.3 is 0 Å². The fourth-order valence-corrected chi connectivity index (χ4v) is 5.35. The summed E-state index contributed by atoms with van der Waals surface area (Å²) >= 11 is 0. The molecule has 7 nitrogen and oxygen atoms in total. The average molecular weight is 486 g/mol. The molecular weight excluding hydrogens is 450 g/mol.